The van der Waals surface area contributed by atoms with Gasteiger partial charge in [0.05, 0.1) is 11.4 Å². The largest absolute Gasteiger partial charge is 0.325 e. The minimum Gasteiger partial charge on any atom is -0.325 e. The second kappa shape index (κ2) is 7.80. The number of nitrogens with one attached hydrogen (secondary N) is 2. The fraction of sp³-hybridized carbons (Fsp3) is 0.263. The Morgan fingerprint density at radius 1 is 1.00 bits per heavy atom. The standard InChI is InChI=1S/C19H22N2O4S/c1-12-8-13(2)19(14(3)9-12)26(24,25)20-11-18(23)21-17-7-5-6-16(10-17)15(4)22/h5-10,20H,11H2,1-4H3,(H,21,23). The topological polar surface area (TPSA) is 92.3 Å². The van der Waals surface area contributed by atoms with Gasteiger partial charge in [0.2, 0.25) is 15.9 Å². The minimum absolute atomic E-state index is 0.118. The van der Waals surface area contributed by atoms with Gasteiger partial charge >= 0.3 is 0 Å². The number of amides is 1. The van der Waals surface area contributed by atoms with Crippen molar-refractivity contribution in [2.24, 2.45) is 0 Å². The summed E-state index contributed by atoms with van der Waals surface area (Å²) in [7, 11) is -3.81. The highest BCUT2D eigenvalue weighted by Crippen LogP contribution is 2.21. The SMILES string of the molecule is CC(=O)c1cccc(NC(=O)CNS(=O)(=O)c2c(C)cc(C)cc2C)c1. The number of carbonyl (C=O) groups is 2. The molecule has 2 aromatic rings. The third kappa shape index (κ3) is 4.77. The molecule has 138 valence electrons. The van der Waals surface area contributed by atoms with E-state index in [2.05, 4.69) is 10.0 Å². The van der Waals surface area contributed by atoms with Crippen molar-refractivity contribution in [1.29, 1.82) is 0 Å². The number of hydrogen-bond acceptors (Lipinski definition) is 4. The molecule has 0 aliphatic carbocycles. The van der Waals surface area contributed by atoms with Crippen LogP contribution in [0.2, 0.25) is 0 Å². The molecule has 0 radical (unpaired) electrons. The second-order valence-corrected chi connectivity index (χ2v) is 7.94. The molecule has 26 heavy (non-hydrogen) atoms. The molecular weight excluding hydrogens is 352 g/mol. The van der Waals surface area contributed by atoms with Crippen molar-refractivity contribution in [3.63, 3.8) is 0 Å². The third-order valence-corrected chi connectivity index (χ3v) is 5.55. The lowest BCUT2D eigenvalue weighted by atomic mass is 10.1. The molecule has 2 aromatic carbocycles. The van der Waals surface area contributed by atoms with E-state index in [9.17, 15) is 18.0 Å². The Kier molecular flexibility index (Phi) is 5.94. The van der Waals surface area contributed by atoms with Gasteiger partial charge in [-0.05, 0) is 51.0 Å². The lowest BCUT2D eigenvalue weighted by molar-refractivity contribution is -0.115. The van der Waals surface area contributed by atoms with Gasteiger partial charge in [-0.1, -0.05) is 29.8 Å². The van der Waals surface area contributed by atoms with E-state index in [4.69, 9.17) is 0 Å². The molecule has 0 aliphatic heterocycles. The van der Waals surface area contributed by atoms with E-state index in [-0.39, 0.29) is 10.7 Å². The molecule has 0 aromatic heterocycles. The number of ketones is 1. The van der Waals surface area contributed by atoms with Gasteiger partial charge in [0.25, 0.3) is 0 Å². The van der Waals surface area contributed by atoms with Crippen LogP contribution in [0.3, 0.4) is 0 Å². The predicted octanol–water partition coefficient (Wildman–Crippen LogP) is 2.73. The van der Waals surface area contributed by atoms with Crippen LogP contribution in [0, 0.1) is 20.8 Å². The first kappa shape index (κ1) is 19.8. The monoisotopic (exact) mass is 374 g/mol. The number of hydrogen-bond donors (Lipinski definition) is 2. The van der Waals surface area contributed by atoms with Gasteiger partial charge in [-0.3, -0.25) is 9.59 Å². The highest BCUT2D eigenvalue weighted by Gasteiger charge is 2.20. The van der Waals surface area contributed by atoms with Crippen LogP contribution in [0.1, 0.15) is 34.0 Å². The number of Topliss-reactive ketones (excluding diaryl/α,β-unsaturated/α-hetero) is 1. The summed E-state index contributed by atoms with van der Waals surface area (Å²) in [4.78, 5) is 23.6. The van der Waals surface area contributed by atoms with Crippen LogP contribution in [0.4, 0.5) is 5.69 Å². The van der Waals surface area contributed by atoms with Gasteiger partial charge in [0.15, 0.2) is 5.78 Å². The van der Waals surface area contributed by atoms with Crippen LogP contribution < -0.4 is 10.0 Å². The number of sulfonamides is 1. The summed E-state index contributed by atoms with van der Waals surface area (Å²) in [5, 5.41) is 2.58. The average Bonchev–Trinajstić information content (AvgIpc) is 2.52. The second-order valence-electron chi connectivity index (χ2n) is 6.24. The van der Waals surface area contributed by atoms with Gasteiger partial charge in [-0.2, -0.15) is 0 Å². The Labute approximate surface area is 153 Å². The van der Waals surface area contributed by atoms with Crippen LogP contribution in [-0.2, 0) is 14.8 Å². The minimum atomic E-state index is -3.81. The third-order valence-electron chi connectivity index (χ3n) is 3.85. The summed E-state index contributed by atoms with van der Waals surface area (Å²) in [6.45, 7) is 6.37. The van der Waals surface area contributed by atoms with Gasteiger partial charge in [0, 0.05) is 11.3 Å². The maximum absolute atomic E-state index is 12.5. The predicted molar refractivity (Wildman–Crippen MR) is 101 cm³/mol. The number of rotatable bonds is 6. The van der Waals surface area contributed by atoms with Crippen molar-refractivity contribution < 1.29 is 18.0 Å². The Morgan fingerprint density at radius 2 is 1.62 bits per heavy atom. The number of carbonyl (C=O) groups excluding carboxylic acids is 2. The van der Waals surface area contributed by atoms with E-state index in [0.717, 1.165) is 5.56 Å². The Morgan fingerprint density at radius 3 is 2.19 bits per heavy atom. The fourth-order valence-electron chi connectivity index (χ4n) is 2.84. The first-order chi connectivity index (χ1) is 12.1. The van der Waals surface area contributed by atoms with E-state index in [0.29, 0.717) is 22.4 Å². The molecule has 2 N–H and O–H groups in total. The molecule has 0 fully saturated rings. The highest BCUT2D eigenvalue weighted by molar-refractivity contribution is 7.89. The van der Waals surface area contributed by atoms with E-state index in [1.54, 1.807) is 50.2 Å². The highest BCUT2D eigenvalue weighted by atomic mass is 32.2. The molecule has 0 bridgehead atoms. The van der Waals surface area contributed by atoms with E-state index < -0.39 is 22.5 Å². The first-order valence-corrected chi connectivity index (χ1v) is 9.57. The number of aryl methyl sites for hydroxylation is 3. The molecule has 0 saturated heterocycles. The zero-order valence-corrected chi connectivity index (χ0v) is 16.0. The van der Waals surface area contributed by atoms with Gasteiger partial charge in [-0.25, -0.2) is 13.1 Å². The van der Waals surface area contributed by atoms with Crippen LogP contribution in [0.5, 0.6) is 0 Å². The van der Waals surface area contributed by atoms with Crippen LogP contribution in [0.15, 0.2) is 41.3 Å². The summed E-state index contributed by atoms with van der Waals surface area (Å²) < 4.78 is 27.4. The molecule has 0 spiro atoms. The maximum atomic E-state index is 12.5. The number of anilines is 1. The quantitative estimate of drug-likeness (QED) is 0.761. The van der Waals surface area contributed by atoms with Gasteiger partial charge in [-0.15, -0.1) is 0 Å². The van der Waals surface area contributed by atoms with Crippen molar-refractivity contribution in [3.05, 3.63) is 58.7 Å². The molecule has 6 nitrogen and oxygen atoms in total. The molecule has 7 heteroatoms. The van der Waals surface area contributed by atoms with Crippen molar-refractivity contribution >= 4 is 27.4 Å². The van der Waals surface area contributed by atoms with E-state index in [1.165, 1.54) is 6.92 Å². The maximum Gasteiger partial charge on any atom is 0.241 e. The smallest absolute Gasteiger partial charge is 0.241 e. The van der Waals surface area contributed by atoms with Crippen molar-refractivity contribution in [2.75, 3.05) is 11.9 Å². The van der Waals surface area contributed by atoms with Crippen molar-refractivity contribution in [1.82, 2.24) is 4.72 Å². The fourth-order valence-corrected chi connectivity index (χ4v) is 4.28. The molecule has 0 aliphatic rings. The van der Waals surface area contributed by atoms with E-state index >= 15 is 0 Å². The zero-order chi connectivity index (χ0) is 19.5. The molecule has 0 heterocycles. The lowest BCUT2D eigenvalue weighted by Crippen LogP contribution is -2.33. The summed E-state index contributed by atoms with van der Waals surface area (Å²) in [6.07, 6.45) is 0. The van der Waals surface area contributed by atoms with Gasteiger partial charge in [0.1, 0.15) is 0 Å². The molecule has 1 amide bonds. The Balaban J connectivity index is 2.09. The van der Waals surface area contributed by atoms with Crippen LogP contribution in [-0.4, -0.2) is 26.7 Å². The normalized spacial score (nSPS) is 11.2. The Bertz CT molecular complexity index is 942. The molecular formula is C19H22N2O4S. The van der Waals surface area contributed by atoms with Crippen molar-refractivity contribution in [3.8, 4) is 0 Å². The molecule has 0 unspecified atom stereocenters. The Hall–Kier alpha value is -2.51. The molecule has 0 atom stereocenters. The van der Waals surface area contributed by atoms with Crippen molar-refractivity contribution in [2.45, 2.75) is 32.6 Å². The lowest BCUT2D eigenvalue weighted by Gasteiger charge is -2.13. The summed E-state index contributed by atoms with van der Waals surface area (Å²) in [5.41, 5.74) is 3.13. The van der Waals surface area contributed by atoms with Gasteiger partial charge < -0.3 is 5.32 Å². The zero-order valence-electron chi connectivity index (χ0n) is 15.2. The summed E-state index contributed by atoms with van der Waals surface area (Å²) in [5.74, 6) is -0.635. The summed E-state index contributed by atoms with van der Waals surface area (Å²) >= 11 is 0. The van der Waals surface area contributed by atoms with E-state index in [1.807, 2.05) is 6.92 Å². The molecule has 0 saturated carbocycles. The number of benzene rings is 2. The molecule has 2 rings (SSSR count). The average molecular weight is 374 g/mol. The van der Waals surface area contributed by atoms with Crippen LogP contribution in [0.25, 0.3) is 0 Å². The van der Waals surface area contributed by atoms with Crippen LogP contribution >= 0.6 is 0 Å². The first-order valence-electron chi connectivity index (χ1n) is 8.08. The summed E-state index contributed by atoms with van der Waals surface area (Å²) in [6, 6.07) is 10.0.